The number of rotatable bonds is 2. The number of benzene rings is 1. The molecule has 6 heteroatoms. The number of hydrogen-bond acceptors (Lipinski definition) is 2. The fraction of sp³-hybridized carbons (Fsp3) is 0.529. The van der Waals surface area contributed by atoms with Crippen LogP contribution in [0, 0.1) is 0 Å². The van der Waals surface area contributed by atoms with Crippen LogP contribution in [0.5, 0.6) is 0 Å². The molecule has 124 valence electrons. The lowest BCUT2D eigenvalue weighted by molar-refractivity contribution is -0.140. The van der Waals surface area contributed by atoms with E-state index in [0.29, 0.717) is 11.6 Å². The summed E-state index contributed by atoms with van der Waals surface area (Å²) in [5.74, 6) is 0.0630. The number of amides is 3. The predicted octanol–water partition coefficient (Wildman–Crippen LogP) is 2.81. The molecule has 0 aromatic heterocycles. The molecule has 1 aromatic carbocycles. The van der Waals surface area contributed by atoms with Crippen LogP contribution >= 0.6 is 11.6 Å². The van der Waals surface area contributed by atoms with Crippen molar-refractivity contribution in [3.63, 3.8) is 0 Å². The average molecular weight is 336 g/mol. The summed E-state index contributed by atoms with van der Waals surface area (Å²) in [6, 6.07) is 6.88. The predicted molar refractivity (Wildman–Crippen MR) is 89.3 cm³/mol. The minimum atomic E-state index is -0.401. The van der Waals surface area contributed by atoms with E-state index < -0.39 is 6.04 Å². The van der Waals surface area contributed by atoms with Gasteiger partial charge in [-0.1, -0.05) is 23.7 Å². The normalized spacial score (nSPS) is 25.3. The number of hydrogen-bond donors (Lipinski definition) is 1. The van der Waals surface area contributed by atoms with Gasteiger partial charge in [-0.15, -0.1) is 0 Å². The molecule has 3 unspecified atom stereocenters. The number of nitrogens with zero attached hydrogens (tertiary/aromatic N) is 2. The molecule has 2 fully saturated rings. The third kappa shape index (κ3) is 3.15. The van der Waals surface area contributed by atoms with Gasteiger partial charge in [0.1, 0.15) is 6.04 Å². The van der Waals surface area contributed by atoms with Gasteiger partial charge < -0.3 is 15.1 Å². The molecule has 2 saturated heterocycles. The molecule has 0 aliphatic carbocycles. The summed E-state index contributed by atoms with van der Waals surface area (Å²) < 4.78 is 0. The molecule has 2 aliphatic heterocycles. The first-order valence-corrected chi connectivity index (χ1v) is 8.48. The van der Waals surface area contributed by atoms with Crippen LogP contribution in [0.2, 0.25) is 5.02 Å². The molecule has 2 aliphatic rings. The average Bonchev–Trinajstić information content (AvgIpc) is 3.00. The van der Waals surface area contributed by atoms with Gasteiger partial charge in [-0.25, -0.2) is 4.79 Å². The molecule has 3 amide bonds. The highest BCUT2D eigenvalue weighted by molar-refractivity contribution is 6.30. The molecule has 23 heavy (non-hydrogen) atoms. The summed E-state index contributed by atoms with van der Waals surface area (Å²) in [5, 5.41) is 3.66. The minimum Gasteiger partial charge on any atom is -0.336 e. The van der Waals surface area contributed by atoms with Crippen LogP contribution in [0.25, 0.3) is 0 Å². The van der Waals surface area contributed by atoms with Crippen molar-refractivity contribution in [2.75, 3.05) is 13.1 Å². The fourth-order valence-electron chi connectivity index (χ4n) is 3.44. The Morgan fingerprint density at radius 1 is 1.35 bits per heavy atom. The van der Waals surface area contributed by atoms with Crippen molar-refractivity contribution in [1.29, 1.82) is 0 Å². The Morgan fingerprint density at radius 3 is 2.74 bits per heavy atom. The molecule has 2 heterocycles. The van der Waals surface area contributed by atoms with Gasteiger partial charge in [0.2, 0.25) is 5.91 Å². The van der Waals surface area contributed by atoms with Crippen LogP contribution in [-0.4, -0.2) is 46.9 Å². The van der Waals surface area contributed by atoms with E-state index in [9.17, 15) is 9.59 Å². The Hall–Kier alpha value is -1.75. The van der Waals surface area contributed by atoms with Crippen molar-refractivity contribution >= 4 is 23.5 Å². The van der Waals surface area contributed by atoms with Gasteiger partial charge in [-0.2, -0.15) is 0 Å². The number of urea groups is 1. The molecule has 5 nitrogen and oxygen atoms in total. The summed E-state index contributed by atoms with van der Waals surface area (Å²) in [5.41, 5.74) is 0.987. The third-order valence-electron chi connectivity index (χ3n) is 4.86. The van der Waals surface area contributed by atoms with Gasteiger partial charge >= 0.3 is 6.03 Å². The van der Waals surface area contributed by atoms with Crippen molar-refractivity contribution in [1.82, 2.24) is 15.1 Å². The summed E-state index contributed by atoms with van der Waals surface area (Å²) in [6.45, 7) is 5.18. The summed E-state index contributed by atoms with van der Waals surface area (Å²) >= 11 is 5.89. The fourth-order valence-corrected chi connectivity index (χ4v) is 3.56. The maximum atomic E-state index is 12.6. The molecule has 0 bridgehead atoms. The van der Waals surface area contributed by atoms with Crippen molar-refractivity contribution in [3.05, 3.63) is 34.9 Å². The molecule has 1 aromatic rings. The number of carbonyl (C=O) groups excluding carboxylic acids is 2. The maximum Gasteiger partial charge on any atom is 0.318 e. The number of piperazine rings is 1. The van der Waals surface area contributed by atoms with Crippen molar-refractivity contribution in [3.8, 4) is 0 Å². The SMILES string of the molecule is CC(NC(=O)N1CC2CCCN2C(=O)C1C)c1ccc(Cl)cc1. The topological polar surface area (TPSA) is 52.7 Å². The molecule has 3 rings (SSSR count). The van der Waals surface area contributed by atoms with Gasteiger partial charge in [0, 0.05) is 24.2 Å². The zero-order chi connectivity index (χ0) is 16.6. The van der Waals surface area contributed by atoms with Crippen LogP contribution in [0.1, 0.15) is 38.3 Å². The highest BCUT2D eigenvalue weighted by Crippen LogP contribution is 2.26. The monoisotopic (exact) mass is 335 g/mol. The quantitative estimate of drug-likeness (QED) is 0.903. The third-order valence-corrected chi connectivity index (χ3v) is 5.12. The first-order valence-electron chi connectivity index (χ1n) is 8.10. The second-order valence-electron chi connectivity index (χ2n) is 6.38. The van der Waals surface area contributed by atoms with Crippen LogP contribution < -0.4 is 5.32 Å². The molecular formula is C17H22ClN3O2. The lowest BCUT2D eigenvalue weighted by Crippen LogP contribution is -2.61. The summed E-state index contributed by atoms with van der Waals surface area (Å²) in [4.78, 5) is 28.6. The Balaban J connectivity index is 1.67. The van der Waals surface area contributed by atoms with Crippen molar-refractivity contribution in [2.45, 2.75) is 44.8 Å². The Kier molecular flexibility index (Phi) is 4.48. The zero-order valence-corrected chi connectivity index (χ0v) is 14.2. The smallest absolute Gasteiger partial charge is 0.318 e. The Labute approximate surface area is 141 Å². The van der Waals surface area contributed by atoms with E-state index in [4.69, 9.17) is 11.6 Å². The second-order valence-corrected chi connectivity index (χ2v) is 6.82. The van der Waals surface area contributed by atoms with E-state index in [1.54, 1.807) is 4.90 Å². The molecule has 3 atom stereocenters. The first kappa shape index (κ1) is 16.1. The first-order chi connectivity index (χ1) is 11.0. The zero-order valence-electron chi connectivity index (χ0n) is 13.5. The van der Waals surface area contributed by atoms with E-state index >= 15 is 0 Å². The maximum absolute atomic E-state index is 12.6. The number of halogens is 1. The number of carbonyl (C=O) groups is 2. The van der Waals surface area contributed by atoms with E-state index in [1.807, 2.05) is 43.0 Å². The summed E-state index contributed by atoms with van der Waals surface area (Å²) in [7, 11) is 0. The molecule has 0 spiro atoms. The second kappa shape index (κ2) is 6.40. The Bertz CT molecular complexity index is 604. The van der Waals surface area contributed by atoms with Crippen LogP contribution in [-0.2, 0) is 4.79 Å². The number of nitrogens with one attached hydrogen (secondary N) is 1. The Morgan fingerprint density at radius 2 is 2.04 bits per heavy atom. The van der Waals surface area contributed by atoms with E-state index in [2.05, 4.69) is 5.32 Å². The lowest BCUT2D eigenvalue weighted by Gasteiger charge is -2.41. The standard InChI is InChI=1S/C17H22ClN3O2/c1-11(13-5-7-14(18)8-6-13)19-17(23)21-10-15-4-3-9-20(15)16(22)12(21)2/h5-8,11-12,15H,3-4,9-10H2,1-2H3,(H,19,23). The van der Waals surface area contributed by atoms with Crippen LogP contribution in [0.3, 0.4) is 0 Å². The van der Waals surface area contributed by atoms with Gasteiger partial charge in [0.25, 0.3) is 0 Å². The minimum absolute atomic E-state index is 0.0630. The lowest BCUT2D eigenvalue weighted by atomic mass is 10.1. The van der Waals surface area contributed by atoms with Crippen LogP contribution in [0.4, 0.5) is 4.79 Å². The van der Waals surface area contributed by atoms with E-state index in [1.165, 1.54) is 0 Å². The molecule has 0 radical (unpaired) electrons. The van der Waals surface area contributed by atoms with Crippen molar-refractivity contribution in [2.24, 2.45) is 0 Å². The van der Waals surface area contributed by atoms with Gasteiger partial charge in [0.15, 0.2) is 0 Å². The largest absolute Gasteiger partial charge is 0.336 e. The highest BCUT2D eigenvalue weighted by atomic mass is 35.5. The molecule has 1 N–H and O–H groups in total. The molecular weight excluding hydrogens is 314 g/mol. The molecule has 0 saturated carbocycles. The number of fused-ring (bicyclic) bond motifs is 1. The van der Waals surface area contributed by atoms with Gasteiger partial charge in [0.05, 0.1) is 6.04 Å². The summed E-state index contributed by atoms with van der Waals surface area (Å²) in [6.07, 6.45) is 2.01. The van der Waals surface area contributed by atoms with E-state index in [-0.39, 0.29) is 24.0 Å². The van der Waals surface area contributed by atoms with Crippen LogP contribution in [0.15, 0.2) is 24.3 Å². The van der Waals surface area contributed by atoms with Gasteiger partial charge in [-0.3, -0.25) is 4.79 Å². The van der Waals surface area contributed by atoms with Crippen molar-refractivity contribution < 1.29 is 9.59 Å². The highest BCUT2D eigenvalue weighted by Gasteiger charge is 2.42. The van der Waals surface area contributed by atoms with Gasteiger partial charge in [-0.05, 0) is 44.4 Å². The van der Waals surface area contributed by atoms with E-state index in [0.717, 1.165) is 24.9 Å².